The molecule has 0 aliphatic rings. The smallest absolute Gasteiger partial charge is 0.193 e. The van der Waals surface area contributed by atoms with Gasteiger partial charge in [0.15, 0.2) is 5.78 Å². The van der Waals surface area contributed by atoms with E-state index in [4.69, 9.17) is 16.3 Å². The summed E-state index contributed by atoms with van der Waals surface area (Å²) in [5.41, 5.74) is 2.16. The fourth-order valence-corrected chi connectivity index (χ4v) is 2.35. The Bertz CT molecular complexity index is 638. The van der Waals surface area contributed by atoms with Crippen LogP contribution in [0.15, 0.2) is 40.9 Å². The first kappa shape index (κ1) is 14.1. The Morgan fingerprint density at radius 2 is 1.95 bits per heavy atom. The first-order valence-electron chi connectivity index (χ1n) is 5.67. The average Bonchev–Trinajstić information content (AvgIpc) is 2.41. The summed E-state index contributed by atoms with van der Waals surface area (Å²) in [5, 5.41) is 0.491. The van der Waals surface area contributed by atoms with Crippen molar-refractivity contribution in [2.45, 2.75) is 6.92 Å². The third-order valence-corrected chi connectivity index (χ3v) is 3.66. The molecule has 0 amide bonds. The van der Waals surface area contributed by atoms with Crippen LogP contribution in [0.1, 0.15) is 21.5 Å². The number of aryl methyl sites for hydroxylation is 1. The van der Waals surface area contributed by atoms with Crippen LogP contribution in [0.4, 0.5) is 0 Å². The third kappa shape index (κ3) is 2.99. The van der Waals surface area contributed by atoms with E-state index >= 15 is 0 Å². The molecule has 0 aliphatic carbocycles. The van der Waals surface area contributed by atoms with Gasteiger partial charge in [-0.15, -0.1) is 0 Å². The summed E-state index contributed by atoms with van der Waals surface area (Å²) in [4.78, 5) is 12.5. The molecule has 0 aromatic heterocycles. The number of benzene rings is 2. The topological polar surface area (TPSA) is 26.3 Å². The second-order valence-corrected chi connectivity index (χ2v) is 5.46. The Morgan fingerprint density at radius 1 is 1.21 bits per heavy atom. The molecule has 0 unspecified atom stereocenters. The predicted octanol–water partition coefficient (Wildman–Crippen LogP) is 4.65. The number of ether oxygens (including phenoxy) is 1. The Hall–Kier alpha value is -1.32. The van der Waals surface area contributed by atoms with Gasteiger partial charge in [0.2, 0.25) is 0 Å². The molecule has 0 saturated heterocycles. The van der Waals surface area contributed by atoms with Gasteiger partial charge in [-0.05, 0) is 42.8 Å². The monoisotopic (exact) mass is 338 g/mol. The van der Waals surface area contributed by atoms with Gasteiger partial charge in [0.05, 0.1) is 12.1 Å². The average molecular weight is 340 g/mol. The molecule has 0 heterocycles. The first-order chi connectivity index (χ1) is 9.02. The second-order valence-electron chi connectivity index (χ2n) is 4.14. The molecule has 0 radical (unpaired) electrons. The summed E-state index contributed by atoms with van der Waals surface area (Å²) in [6.07, 6.45) is 0. The lowest BCUT2D eigenvalue weighted by Crippen LogP contribution is -2.04. The van der Waals surface area contributed by atoms with Gasteiger partial charge in [0.25, 0.3) is 0 Å². The number of halogens is 2. The molecule has 2 aromatic rings. The molecule has 0 spiro atoms. The van der Waals surface area contributed by atoms with Crippen molar-refractivity contribution in [3.8, 4) is 5.75 Å². The lowest BCUT2D eigenvalue weighted by molar-refractivity contribution is 0.103. The van der Waals surface area contributed by atoms with Crippen molar-refractivity contribution in [2.24, 2.45) is 0 Å². The van der Waals surface area contributed by atoms with E-state index in [9.17, 15) is 4.79 Å². The standard InChI is InChI=1S/C15H12BrClO2/c1-9-3-5-11(16)8-12(9)15(18)10-4-6-13(17)14(7-10)19-2/h3-8H,1-2H3. The second kappa shape index (κ2) is 5.76. The van der Waals surface area contributed by atoms with Crippen LogP contribution in [-0.2, 0) is 0 Å². The van der Waals surface area contributed by atoms with Crippen molar-refractivity contribution < 1.29 is 9.53 Å². The van der Waals surface area contributed by atoms with Crippen molar-refractivity contribution in [2.75, 3.05) is 7.11 Å². The molecular formula is C15H12BrClO2. The summed E-state index contributed by atoms with van der Waals surface area (Å²) in [6.45, 7) is 1.91. The van der Waals surface area contributed by atoms with E-state index in [1.807, 2.05) is 25.1 Å². The summed E-state index contributed by atoms with van der Waals surface area (Å²) in [7, 11) is 1.53. The zero-order chi connectivity index (χ0) is 14.0. The number of hydrogen-bond donors (Lipinski definition) is 0. The molecule has 0 fully saturated rings. The van der Waals surface area contributed by atoms with Gasteiger partial charge in [0.1, 0.15) is 5.75 Å². The van der Waals surface area contributed by atoms with Crippen LogP contribution in [0.2, 0.25) is 5.02 Å². The zero-order valence-electron chi connectivity index (χ0n) is 10.5. The van der Waals surface area contributed by atoms with Crippen molar-refractivity contribution in [1.29, 1.82) is 0 Å². The minimum absolute atomic E-state index is 0.0474. The fraction of sp³-hybridized carbons (Fsp3) is 0.133. The third-order valence-electron chi connectivity index (χ3n) is 2.86. The van der Waals surface area contributed by atoms with E-state index in [1.165, 1.54) is 7.11 Å². The highest BCUT2D eigenvalue weighted by Crippen LogP contribution is 2.27. The Morgan fingerprint density at radius 3 is 2.63 bits per heavy atom. The van der Waals surface area contributed by atoms with Gasteiger partial charge >= 0.3 is 0 Å². The van der Waals surface area contributed by atoms with Crippen molar-refractivity contribution >= 4 is 33.3 Å². The molecule has 2 rings (SSSR count). The van der Waals surface area contributed by atoms with Gasteiger partial charge < -0.3 is 4.74 Å². The van der Waals surface area contributed by atoms with Crippen LogP contribution in [0.3, 0.4) is 0 Å². The largest absolute Gasteiger partial charge is 0.495 e. The lowest BCUT2D eigenvalue weighted by Gasteiger charge is -2.08. The van der Waals surface area contributed by atoms with Crippen LogP contribution in [0, 0.1) is 6.92 Å². The van der Waals surface area contributed by atoms with E-state index < -0.39 is 0 Å². The predicted molar refractivity (Wildman–Crippen MR) is 80.3 cm³/mol. The number of rotatable bonds is 3. The molecule has 0 N–H and O–H groups in total. The van der Waals surface area contributed by atoms with Gasteiger partial charge in [-0.1, -0.05) is 33.6 Å². The van der Waals surface area contributed by atoms with Crippen LogP contribution in [0.5, 0.6) is 5.75 Å². The molecule has 4 heteroatoms. The molecule has 0 aliphatic heterocycles. The van der Waals surface area contributed by atoms with Crippen LogP contribution < -0.4 is 4.74 Å². The number of carbonyl (C=O) groups excluding carboxylic acids is 1. The molecule has 0 atom stereocenters. The van der Waals surface area contributed by atoms with Gasteiger partial charge in [0, 0.05) is 15.6 Å². The minimum Gasteiger partial charge on any atom is -0.495 e. The molecular weight excluding hydrogens is 328 g/mol. The van der Waals surface area contributed by atoms with Crippen LogP contribution in [-0.4, -0.2) is 12.9 Å². The Kier molecular flexibility index (Phi) is 4.27. The van der Waals surface area contributed by atoms with Gasteiger partial charge in [-0.2, -0.15) is 0 Å². The Balaban J connectivity index is 2.47. The van der Waals surface area contributed by atoms with Crippen molar-refractivity contribution in [1.82, 2.24) is 0 Å². The normalized spacial score (nSPS) is 10.3. The van der Waals surface area contributed by atoms with E-state index in [0.29, 0.717) is 21.9 Å². The summed E-state index contributed by atoms with van der Waals surface area (Å²) >= 11 is 9.34. The Labute approximate surface area is 125 Å². The van der Waals surface area contributed by atoms with E-state index in [0.717, 1.165) is 10.0 Å². The number of methoxy groups -OCH3 is 1. The zero-order valence-corrected chi connectivity index (χ0v) is 12.9. The maximum atomic E-state index is 12.5. The van der Waals surface area contributed by atoms with Gasteiger partial charge in [-0.3, -0.25) is 4.79 Å². The summed E-state index contributed by atoms with van der Waals surface area (Å²) < 4.78 is 6.01. The maximum absolute atomic E-state index is 12.5. The first-order valence-corrected chi connectivity index (χ1v) is 6.84. The molecule has 2 aromatic carbocycles. The molecule has 2 nitrogen and oxygen atoms in total. The number of hydrogen-bond acceptors (Lipinski definition) is 2. The number of ketones is 1. The quantitative estimate of drug-likeness (QED) is 0.761. The molecule has 0 bridgehead atoms. The maximum Gasteiger partial charge on any atom is 0.193 e. The number of carbonyl (C=O) groups is 1. The lowest BCUT2D eigenvalue weighted by atomic mass is 9.99. The van der Waals surface area contributed by atoms with E-state index in [1.54, 1.807) is 18.2 Å². The van der Waals surface area contributed by atoms with Crippen molar-refractivity contribution in [3.05, 3.63) is 62.6 Å². The van der Waals surface area contributed by atoms with Crippen LogP contribution in [0.25, 0.3) is 0 Å². The summed E-state index contributed by atoms with van der Waals surface area (Å²) in [5.74, 6) is 0.453. The molecule has 19 heavy (non-hydrogen) atoms. The van der Waals surface area contributed by atoms with E-state index in [-0.39, 0.29) is 5.78 Å². The highest BCUT2D eigenvalue weighted by Gasteiger charge is 2.14. The van der Waals surface area contributed by atoms with Gasteiger partial charge in [-0.25, -0.2) is 0 Å². The van der Waals surface area contributed by atoms with Crippen molar-refractivity contribution in [3.63, 3.8) is 0 Å². The fourth-order valence-electron chi connectivity index (χ4n) is 1.80. The summed E-state index contributed by atoms with van der Waals surface area (Å²) in [6, 6.07) is 10.7. The molecule has 0 saturated carbocycles. The highest BCUT2D eigenvalue weighted by atomic mass is 79.9. The SMILES string of the molecule is COc1cc(C(=O)c2cc(Br)ccc2C)ccc1Cl. The minimum atomic E-state index is -0.0474. The van der Waals surface area contributed by atoms with Crippen LogP contribution >= 0.6 is 27.5 Å². The highest BCUT2D eigenvalue weighted by molar-refractivity contribution is 9.10. The molecule has 98 valence electrons. The van der Waals surface area contributed by atoms with E-state index in [2.05, 4.69) is 15.9 Å².